The summed E-state index contributed by atoms with van der Waals surface area (Å²) in [4.78, 5) is 1.03. The molecular weight excluding hydrogens is 244 g/mol. The molecule has 90 valence electrons. The van der Waals surface area contributed by atoms with E-state index >= 15 is 0 Å². The summed E-state index contributed by atoms with van der Waals surface area (Å²) in [5.74, 6) is 1.25. The number of nitrogens with zero attached hydrogens (tertiary/aromatic N) is 1. The van der Waals surface area contributed by atoms with E-state index in [4.69, 9.17) is 15.7 Å². The predicted octanol–water partition coefficient (Wildman–Crippen LogP) is 3.65. The van der Waals surface area contributed by atoms with Crippen molar-refractivity contribution in [1.29, 1.82) is 5.26 Å². The van der Waals surface area contributed by atoms with Gasteiger partial charge in [0.2, 0.25) is 0 Å². The molecule has 4 heteroatoms. The summed E-state index contributed by atoms with van der Waals surface area (Å²) in [5, 5.41) is 8.87. The van der Waals surface area contributed by atoms with Crippen LogP contribution >= 0.6 is 11.8 Å². The highest BCUT2D eigenvalue weighted by Crippen LogP contribution is 2.34. The Morgan fingerprint density at radius 3 is 2.67 bits per heavy atom. The molecule has 3 nitrogen and oxygen atoms in total. The Morgan fingerprint density at radius 2 is 1.94 bits per heavy atom. The van der Waals surface area contributed by atoms with Gasteiger partial charge in [-0.15, -0.1) is 11.8 Å². The maximum Gasteiger partial charge on any atom is 0.151 e. The second kappa shape index (κ2) is 5.48. The molecule has 2 rings (SSSR count). The molecule has 0 heterocycles. The number of nitriles is 1. The minimum atomic E-state index is 0.510. The number of hydrogen-bond acceptors (Lipinski definition) is 4. The van der Waals surface area contributed by atoms with Gasteiger partial charge in [-0.25, -0.2) is 0 Å². The lowest BCUT2D eigenvalue weighted by atomic mass is 10.2. The first-order chi connectivity index (χ1) is 8.74. The highest BCUT2D eigenvalue weighted by Gasteiger charge is 2.07. The van der Waals surface area contributed by atoms with Crippen LogP contribution in [0.5, 0.6) is 11.5 Å². The van der Waals surface area contributed by atoms with E-state index in [0.29, 0.717) is 17.0 Å². The van der Waals surface area contributed by atoms with E-state index in [2.05, 4.69) is 6.07 Å². The molecule has 0 amide bonds. The second-order valence-electron chi connectivity index (χ2n) is 3.62. The van der Waals surface area contributed by atoms with Crippen molar-refractivity contribution in [2.24, 2.45) is 0 Å². The number of thioether (sulfide) groups is 1. The fourth-order valence-electron chi connectivity index (χ4n) is 1.51. The van der Waals surface area contributed by atoms with Crippen LogP contribution in [-0.2, 0) is 0 Å². The van der Waals surface area contributed by atoms with Gasteiger partial charge in [-0.05, 0) is 30.5 Å². The lowest BCUT2D eigenvalue weighted by molar-refractivity contribution is 0.473. The van der Waals surface area contributed by atoms with Crippen LogP contribution in [0.3, 0.4) is 0 Å². The number of nitrogens with two attached hydrogens (primary N) is 1. The van der Waals surface area contributed by atoms with Crippen LogP contribution < -0.4 is 10.5 Å². The smallest absolute Gasteiger partial charge is 0.151 e. The summed E-state index contributed by atoms with van der Waals surface area (Å²) < 4.78 is 5.78. The van der Waals surface area contributed by atoms with Gasteiger partial charge in [0.15, 0.2) is 5.75 Å². The van der Waals surface area contributed by atoms with Gasteiger partial charge in [0.1, 0.15) is 5.75 Å². The zero-order valence-electron chi connectivity index (χ0n) is 9.88. The summed E-state index contributed by atoms with van der Waals surface area (Å²) in [5.41, 5.74) is 6.89. The molecule has 0 fully saturated rings. The van der Waals surface area contributed by atoms with Crippen LogP contribution in [0.1, 0.15) is 5.56 Å². The SMILES string of the molecule is CSc1ccccc1Oc1cc(C#N)ccc1N. The number of anilines is 1. The molecule has 2 aromatic rings. The molecule has 0 spiro atoms. The van der Waals surface area contributed by atoms with Gasteiger partial charge in [-0.3, -0.25) is 0 Å². The van der Waals surface area contributed by atoms with Crippen LogP contribution in [0.4, 0.5) is 5.69 Å². The maximum absolute atomic E-state index is 8.87. The normalized spacial score (nSPS) is 9.78. The minimum absolute atomic E-state index is 0.510. The monoisotopic (exact) mass is 256 g/mol. The van der Waals surface area contributed by atoms with Crippen LogP contribution in [0.15, 0.2) is 47.4 Å². The van der Waals surface area contributed by atoms with E-state index in [-0.39, 0.29) is 0 Å². The fourth-order valence-corrected chi connectivity index (χ4v) is 2.04. The molecular formula is C14H12N2OS. The maximum atomic E-state index is 8.87. The van der Waals surface area contributed by atoms with E-state index in [9.17, 15) is 0 Å². The first-order valence-electron chi connectivity index (χ1n) is 5.35. The Morgan fingerprint density at radius 1 is 1.17 bits per heavy atom. The van der Waals surface area contributed by atoms with Gasteiger partial charge in [0, 0.05) is 11.0 Å². The number of nitrogen functional groups attached to an aromatic ring is 1. The highest BCUT2D eigenvalue weighted by molar-refractivity contribution is 7.98. The molecule has 18 heavy (non-hydrogen) atoms. The van der Waals surface area contributed by atoms with Crippen molar-refractivity contribution in [3.63, 3.8) is 0 Å². The minimum Gasteiger partial charge on any atom is -0.454 e. The van der Waals surface area contributed by atoms with Crippen LogP contribution in [-0.4, -0.2) is 6.26 Å². The van der Waals surface area contributed by atoms with E-state index in [1.54, 1.807) is 30.0 Å². The molecule has 0 saturated heterocycles. The van der Waals surface area contributed by atoms with Gasteiger partial charge in [0.05, 0.1) is 17.3 Å². The van der Waals surface area contributed by atoms with Crippen molar-refractivity contribution in [3.05, 3.63) is 48.0 Å². The standard InChI is InChI=1S/C14H12N2OS/c1-18-14-5-3-2-4-12(14)17-13-8-10(9-15)6-7-11(13)16/h2-8H,16H2,1H3. The molecule has 0 aliphatic carbocycles. The zero-order valence-corrected chi connectivity index (χ0v) is 10.7. The van der Waals surface area contributed by atoms with E-state index in [0.717, 1.165) is 10.6 Å². The number of ether oxygens (including phenoxy) is 1. The third kappa shape index (κ3) is 2.58. The molecule has 0 radical (unpaired) electrons. The molecule has 0 aliphatic heterocycles. The lowest BCUT2D eigenvalue weighted by Gasteiger charge is -2.11. The number of rotatable bonds is 3. The van der Waals surface area contributed by atoms with Crippen molar-refractivity contribution in [2.45, 2.75) is 4.90 Å². The summed E-state index contributed by atoms with van der Waals surface area (Å²) in [6.45, 7) is 0. The van der Waals surface area contributed by atoms with Crippen LogP contribution in [0.25, 0.3) is 0 Å². The van der Waals surface area contributed by atoms with Crippen molar-refractivity contribution < 1.29 is 4.74 Å². The van der Waals surface area contributed by atoms with Crippen molar-refractivity contribution in [2.75, 3.05) is 12.0 Å². The van der Waals surface area contributed by atoms with Crippen molar-refractivity contribution in [1.82, 2.24) is 0 Å². The van der Waals surface area contributed by atoms with Gasteiger partial charge in [-0.2, -0.15) is 5.26 Å². The fraction of sp³-hybridized carbons (Fsp3) is 0.0714. The average Bonchev–Trinajstić information content (AvgIpc) is 2.42. The summed E-state index contributed by atoms with van der Waals surface area (Å²) >= 11 is 1.60. The number of benzene rings is 2. The molecule has 0 aromatic heterocycles. The van der Waals surface area contributed by atoms with E-state index < -0.39 is 0 Å². The van der Waals surface area contributed by atoms with Gasteiger partial charge < -0.3 is 10.5 Å². The van der Waals surface area contributed by atoms with Gasteiger partial charge in [0.25, 0.3) is 0 Å². The first-order valence-corrected chi connectivity index (χ1v) is 6.57. The Labute approximate surface area is 110 Å². The Kier molecular flexibility index (Phi) is 3.75. The predicted molar refractivity (Wildman–Crippen MR) is 73.9 cm³/mol. The Bertz CT molecular complexity index is 605. The van der Waals surface area contributed by atoms with E-state index in [1.807, 2.05) is 30.5 Å². The number of para-hydroxylation sites is 1. The largest absolute Gasteiger partial charge is 0.454 e. The molecule has 2 aromatic carbocycles. The second-order valence-corrected chi connectivity index (χ2v) is 4.47. The first kappa shape index (κ1) is 12.3. The summed E-state index contributed by atoms with van der Waals surface area (Å²) in [6, 6.07) is 14.8. The summed E-state index contributed by atoms with van der Waals surface area (Å²) in [7, 11) is 0. The molecule has 0 bridgehead atoms. The van der Waals surface area contributed by atoms with Crippen LogP contribution in [0.2, 0.25) is 0 Å². The van der Waals surface area contributed by atoms with Gasteiger partial charge in [-0.1, -0.05) is 12.1 Å². The van der Waals surface area contributed by atoms with E-state index in [1.165, 1.54) is 0 Å². The van der Waals surface area contributed by atoms with Gasteiger partial charge >= 0.3 is 0 Å². The Hall–Kier alpha value is -2.12. The topological polar surface area (TPSA) is 59.0 Å². The van der Waals surface area contributed by atoms with Crippen LogP contribution in [0, 0.1) is 11.3 Å². The van der Waals surface area contributed by atoms with Crippen molar-refractivity contribution >= 4 is 17.4 Å². The highest BCUT2D eigenvalue weighted by atomic mass is 32.2. The molecule has 0 saturated carbocycles. The zero-order chi connectivity index (χ0) is 13.0. The summed E-state index contributed by atoms with van der Waals surface area (Å²) in [6.07, 6.45) is 1.98. The third-order valence-corrected chi connectivity index (χ3v) is 3.21. The molecule has 0 atom stereocenters. The number of hydrogen-bond donors (Lipinski definition) is 1. The van der Waals surface area contributed by atoms with Crippen molar-refractivity contribution in [3.8, 4) is 17.6 Å². The average molecular weight is 256 g/mol. The molecule has 2 N–H and O–H groups in total. The Balaban J connectivity index is 2.37. The molecule has 0 aliphatic rings. The quantitative estimate of drug-likeness (QED) is 0.672. The molecule has 0 unspecified atom stereocenters. The third-order valence-electron chi connectivity index (χ3n) is 2.43. The lowest BCUT2D eigenvalue weighted by Crippen LogP contribution is -1.93.